The van der Waals surface area contributed by atoms with E-state index in [9.17, 15) is 4.79 Å². The van der Waals surface area contributed by atoms with E-state index in [4.69, 9.17) is 9.47 Å². The van der Waals surface area contributed by atoms with Gasteiger partial charge in [-0.15, -0.1) is 0 Å². The Bertz CT molecular complexity index is 400. The molecule has 4 heteroatoms. The third kappa shape index (κ3) is 2.58. The van der Waals surface area contributed by atoms with Crippen LogP contribution in [0.25, 0.3) is 0 Å². The molecule has 1 atom stereocenters. The zero-order valence-corrected chi connectivity index (χ0v) is 9.52. The maximum Gasteiger partial charge on any atom is 0.244 e. The highest BCUT2D eigenvalue weighted by molar-refractivity contribution is 7.81. The maximum atomic E-state index is 11.3. The molecule has 0 radical (unpaired) electrons. The van der Waals surface area contributed by atoms with E-state index in [1.165, 1.54) is 6.26 Å². The summed E-state index contributed by atoms with van der Waals surface area (Å²) in [4.78, 5) is 11.3. The molecule has 3 nitrogen and oxygen atoms in total. The van der Waals surface area contributed by atoms with Crippen LogP contribution >= 0.6 is 12.6 Å². The second kappa shape index (κ2) is 5.07. The first kappa shape index (κ1) is 11.1. The van der Waals surface area contributed by atoms with Gasteiger partial charge in [0, 0.05) is 6.42 Å². The average molecular weight is 236 g/mol. The Morgan fingerprint density at radius 3 is 2.75 bits per heavy atom. The topological polar surface area (TPSA) is 35.5 Å². The normalized spacial score (nSPS) is 18.6. The number of allylic oxidation sites excluding steroid dienone is 1. The maximum absolute atomic E-state index is 11.3. The van der Waals surface area contributed by atoms with Crippen LogP contribution in [0.3, 0.4) is 0 Å². The smallest absolute Gasteiger partial charge is 0.244 e. The molecule has 1 aromatic carbocycles. The molecule has 2 rings (SSSR count). The number of ether oxygens (including phenoxy) is 2. The van der Waals surface area contributed by atoms with E-state index in [2.05, 4.69) is 12.6 Å². The monoisotopic (exact) mass is 236 g/mol. The van der Waals surface area contributed by atoms with Crippen LogP contribution in [0.1, 0.15) is 5.56 Å². The molecule has 0 amide bonds. The molecule has 0 bridgehead atoms. The highest BCUT2D eigenvalue weighted by Crippen LogP contribution is 2.19. The van der Waals surface area contributed by atoms with Gasteiger partial charge in [0.2, 0.25) is 17.8 Å². The van der Waals surface area contributed by atoms with Crippen LogP contribution in [0.5, 0.6) is 0 Å². The van der Waals surface area contributed by atoms with E-state index in [0.29, 0.717) is 6.42 Å². The number of rotatable bonds is 4. The summed E-state index contributed by atoms with van der Waals surface area (Å²) in [6.07, 6.45) is 1.59. The zero-order chi connectivity index (χ0) is 11.4. The predicted molar refractivity (Wildman–Crippen MR) is 63.0 cm³/mol. The van der Waals surface area contributed by atoms with Crippen molar-refractivity contribution in [2.45, 2.75) is 12.7 Å². The minimum absolute atomic E-state index is 0.132. The molecular weight excluding hydrogens is 224 g/mol. The first-order valence-corrected chi connectivity index (χ1v) is 5.63. The van der Waals surface area contributed by atoms with E-state index in [1.807, 2.05) is 30.3 Å². The van der Waals surface area contributed by atoms with Gasteiger partial charge in [-0.1, -0.05) is 30.3 Å². The second-order valence-corrected chi connectivity index (χ2v) is 3.75. The fourth-order valence-electron chi connectivity index (χ4n) is 1.44. The van der Waals surface area contributed by atoms with Crippen LogP contribution in [0.15, 0.2) is 42.4 Å². The number of hydrogen-bond donors (Lipinski definition) is 1. The molecule has 1 aromatic rings. The molecule has 0 aromatic heterocycles. The summed E-state index contributed by atoms with van der Waals surface area (Å²) in [6, 6.07) is 9.85. The predicted octanol–water partition coefficient (Wildman–Crippen LogP) is 1.94. The van der Waals surface area contributed by atoms with Crippen LogP contribution in [0, 0.1) is 0 Å². The van der Waals surface area contributed by atoms with Crippen LogP contribution in [-0.2, 0) is 20.7 Å². The molecule has 1 aliphatic rings. The van der Waals surface area contributed by atoms with Gasteiger partial charge in [-0.3, -0.25) is 4.79 Å². The third-order valence-corrected chi connectivity index (χ3v) is 2.54. The Kier molecular flexibility index (Phi) is 3.51. The summed E-state index contributed by atoms with van der Waals surface area (Å²) >= 11 is 3.89. The Labute approximate surface area is 99.5 Å². The van der Waals surface area contributed by atoms with Gasteiger partial charge in [0.1, 0.15) is 6.26 Å². The van der Waals surface area contributed by atoms with Gasteiger partial charge in [-0.2, -0.15) is 12.6 Å². The SMILES string of the molecule is O=C(CS)C1=COC(Cc2ccccc2)O1. The van der Waals surface area contributed by atoms with Gasteiger partial charge in [0.05, 0.1) is 5.75 Å². The third-order valence-electron chi connectivity index (χ3n) is 2.25. The Morgan fingerprint density at radius 1 is 1.31 bits per heavy atom. The Morgan fingerprint density at radius 2 is 2.06 bits per heavy atom. The number of benzene rings is 1. The molecule has 1 unspecified atom stereocenters. The van der Waals surface area contributed by atoms with Crippen molar-refractivity contribution in [2.24, 2.45) is 0 Å². The van der Waals surface area contributed by atoms with Gasteiger partial charge in [-0.05, 0) is 5.56 Å². The molecule has 1 heterocycles. The zero-order valence-electron chi connectivity index (χ0n) is 8.63. The summed E-state index contributed by atoms with van der Waals surface area (Å²) in [6.45, 7) is 0. The largest absolute Gasteiger partial charge is 0.458 e. The van der Waals surface area contributed by atoms with E-state index in [0.717, 1.165) is 5.56 Å². The second-order valence-electron chi connectivity index (χ2n) is 3.44. The van der Waals surface area contributed by atoms with E-state index in [1.54, 1.807) is 0 Å². The average Bonchev–Trinajstić information content (AvgIpc) is 2.78. The Hall–Kier alpha value is -1.42. The van der Waals surface area contributed by atoms with Gasteiger partial charge < -0.3 is 9.47 Å². The lowest BCUT2D eigenvalue weighted by Crippen LogP contribution is -2.14. The number of thiol groups is 1. The van der Waals surface area contributed by atoms with E-state index < -0.39 is 6.29 Å². The van der Waals surface area contributed by atoms with Crippen LogP contribution in [0.4, 0.5) is 0 Å². The number of carbonyl (C=O) groups is 1. The Balaban J connectivity index is 1.90. The highest BCUT2D eigenvalue weighted by Gasteiger charge is 2.23. The number of hydrogen-bond acceptors (Lipinski definition) is 4. The first-order chi connectivity index (χ1) is 7.79. The molecule has 0 N–H and O–H groups in total. The standard InChI is InChI=1S/C12H12O3S/c13-10(8-16)11-7-14-12(15-11)6-9-4-2-1-3-5-9/h1-5,7,12,16H,6,8H2. The fourth-order valence-corrected chi connectivity index (χ4v) is 1.60. The van der Waals surface area contributed by atoms with Gasteiger partial charge in [0.25, 0.3) is 0 Å². The lowest BCUT2D eigenvalue weighted by Gasteiger charge is -2.11. The first-order valence-electron chi connectivity index (χ1n) is 5.00. The fraction of sp³-hybridized carbons (Fsp3) is 0.250. The summed E-state index contributed by atoms with van der Waals surface area (Å²) in [5.41, 5.74) is 1.11. The summed E-state index contributed by atoms with van der Waals surface area (Å²) < 4.78 is 10.6. The molecule has 0 fully saturated rings. The molecule has 0 saturated heterocycles. The van der Waals surface area contributed by atoms with Crippen LogP contribution in [0.2, 0.25) is 0 Å². The van der Waals surface area contributed by atoms with Crippen molar-refractivity contribution in [3.05, 3.63) is 47.9 Å². The molecule has 1 aliphatic heterocycles. The molecule has 0 aliphatic carbocycles. The number of Topliss-reactive ketones (excluding diaryl/α,β-unsaturated/α-hetero) is 1. The summed E-state index contributed by atoms with van der Waals surface area (Å²) in [5.74, 6) is 0.239. The van der Waals surface area contributed by atoms with Crippen molar-refractivity contribution in [2.75, 3.05) is 5.75 Å². The van der Waals surface area contributed by atoms with Gasteiger partial charge in [0.15, 0.2) is 0 Å². The van der Waals surface area contributed by atoms with Crippen molar-refractivity contribution in [1.29, 1.82) is 0 Å². The van der Waals surface area contributed by atoms with Crippen LogP contribution in [-0.4, -0.2) is 17.8 Å². The van der Waals surface area contributed by atoms with Crippen molar-refractivity contribution >= 4 is 18.4 Å². The summed E-state index contributed by atoms with van der Waals surface area (Å²) in [5, 5.41) is 0. The lowest BCUT2D eigenvalue weighted by atomic mass is 10.1. The van der Waals surface area contributed by atoms with Gasteiger partial charge >= 0.3 is 0 Å². The van der Waals surface area contributed by atoms with Crippen LogP contribution < -0.4 is 0 Å². The molecular formula is C12H12O3S. The molecule has 0 saturated carbocycles. The minimum atomic E-state index is -0.402. The van der Waals surface area contributed by atoms with Crippen molar-refractivity contribution in [3.8, 4) is 0 Å². The molecule has 16 heavy (non-hydrogen) atoms. The van der Waals surface area contributed by atoms with Crippen molar-refractivity contribution in [1.82, 2.24) is 0 Å². The van der Waals surface area contributed by atoms with E-state index in [-0.39, 0.29) is 17.3 Å². The molecule has 84 valence electrons. The highest BCUT2D eigenvalue weighted by atomic mass is 32.1. The van der Waals surface area contributed by atoms with Gasteiger partial charge in [-0.25, -0.2) is 0 Å². The van der Waals surface area contributed by atoms with Crippen molar-refractivity contribution < 1.29 is 14.3 Å². The van der Waals surface area contributed by atoms with Crippen molar-refractivity contribution in [3.63, 3.8) is 0 Å². The minimum Gasteiger partial charge on any atom is -0.458 e. The lowest BCUT2D eigenvalue weighted by molar-refractivity contribution is -0.118. The van der Waals surface area contributed by atoms with E-state index >= 15 is 0 Å². The number of carbonyl (C=O) groups excluding carboxylic acids is 1. The summed E-state index contributed by atoms with van der Waals surface area (Å²) in [7, 11) is 0. The molecule has 0 spiro atoms. The number of ketones is 1. The quantitative estimate of drug-likeness (QED) is 0.811.